The van der Waals surface area contributed by atoms with E-state index < -0.39 is 0 Å². The monoisotopic (exact) mass is 180 g/mol. The molecule has 3 nitrogen and oxygen atoms in total. The second kappa shape index (κ2) is 4.50. The minimum Gasteiger partial charge on any atom is -0.466 e. The molecule has 0 N–H and O–H groups in total. The third-order valence-corrected chi connectivity index (χ3v) is 1.68. The van der Waals surface area contributed by atoms with Gasteiger partial charge < -0.3 is 9.15 Å². The smallest absolute Gasteiger partial charge is 0.333 e. The van der Waals surface area contributed by atoms with Gasteiger partial charge in [0.05, 0.1) is 6.26 Å². The predicted molar refractivity (Wildman–Crippen MR) is 47.9 cm³/mol. The molecule has 1 aromatic rings. The highest BCUT2D eigenvalue weighted by atomic mass is 16.5. The summed E-state index contributed by atoms with van der Waals surface area (Å²) >= 11 is 0. The van der Waals surface area contributed by atoms with Gasteiger partial charge in [-0.05, 0) is 26.0 Å². The van der Waals surface area contributed by atoms with Crippen LogP contribution in [-0.4, -0.2) is 5.97 Å². The van der Waals surface area contributed by atoms with Gasteiger partial charge in [-0.25, -0.2) is 4.79 Å². The van der Waals surface area contributed by atoms with Gasteiger partial charge in [0.15, 0.2) is 0 Å². The van der Waals surface area contributed by atoms with E-state index in [0.717, 1.165) is 0 Å². The van der Waals surface area contributed by atoms with Crippen LogP contribution in [0.2, 0.25) is 0 Å². The second-order valence-corrected chi connectivity index (χ2v) is 2.63. The molecule has 0 saturated carbocycles. The standard InChI is InChI=1S/C10H12O3/c1-3-8(2)10(11)13-7-9-5-4-6-12-9/h3-6H,7H2,1-2H3/b8-3+. The van der Waals surface area contributed by atoms with Crippen molar-refractivity contribution in [3.05, 3.63) is 35.8 Å². The lowest BCUT2D eigenvalue weighted by Gasteiger charge is -2.01. The minimum atomic E-state index is -0.307. The van der Waals surface area contributed by atoms with Crippen LogP contribution in [0.1, 0.15) is 19.6 Å². The van der Waals surface area contributed by atoms with E-state index in [1.165, 1.54) is 0 Å². The summed E-state index contributed by atoms with van der Waals surface area (Å²) in [6.45, 7) is 3.70. The summed E-state index contributed by atoms with van der Waals surface area (Å²) in [6.07, 6.45) is 3.26. The minimum absolute atomic E-state index is 0.191. The number of ether oxygens (including phenoxy) is 1. The summed E-state index contributed by atoms with van der Waals surface area (Å²) in [6, 6.07) is 3.52. The summed E-state index contributed by atoms with van der Waals surface area (Å²) < 4.78 is 9.94. The Labute approximate surface area is 77.0 Å². The first kappa shape index (κ1) is 9.58. The molecule has 1 heterocycles. The van der Waals surface area contributed by atoms with E-state index >= 15 is 0 Å². The third kappa shape index (κ3) is 2.78. The number of hydrogen-bond donors (Lipinski definition) is 0. The van der Waals surface area contributed by atoms with E-state index in [-0.39, 0.29) is 12.6 Å². The van der Waals surface area contributed by atoms with Crippen molar-refractivity contribution in [1.29, 1.82) is 0 Å². The first-order chi connectivity index (χ1) is 6.24. The lowest BCUT2D eigenvalue weighted by atomic mass is 10.3. The third-order valence-electron chi connectivity index (χ3n) is 1.68. The Morgan fingerprint density at radius 2 is 2.46 bits per heavy atom. The van der Waals surface area contributed by atoms with Crippen LogP contribution in [0.3, 0.4) is 0 Å². The fraction of sp³-hybridized carbons (Fsp3) is 0.300. The number of carbonyl (C=O) groups excluding carboxylic acids is 1. The van der Waals surface area contributed by atoms with E-state index in [1.54, 1.807) is 38.3 Å². The van der Waals surface area contributed by atoms with E-state index in [9.17, 15) is 4.79 Å². The molecule has 0 aliphatic heterocycles. The van der Waals surface area contributed by atoms with Crippen LogP contribution in [0.15, 0.2) is 34.5 Å². The molecule has 0 spiro atoms. The second-order valence-electron chi connectivity index (χ2n) is 2.63. The van der Waals surface area contributed by atoms with Gasteiger partial charge in [0.1, 0.15) is 12.4 Å². The van der Waals surface area contributed by atoms with Crippen LogP contribution in [0.5, 0.6) is 0 Å². The lowest BCUT2D eigenvalue weighted by Crippen LogP contribution is -2.04. The summed E-state index contributed by atoms with van der Waals surface area (Å²) in [5.74, 6) is 0.344. The molecule has 70 valence electrons. The molecular weight excluding hydrogens is 168 g/mol. The fourth-order valence-corrected chi connectivity index (χ4v) is 0.763. The van der Waals surface area contributed by atoms with Gasteiger partial charge in [0.2, 0.25) is 0 Å². The van der Waals surface area contributed by atoms with Gasteiger partial charge in [-0.15, -0.1) is 0 Å². The molecule has 1 rings (SSSR count). The van der Waals surface area contributed by atoms with Crippen LogP contribution >= 0.6 is 0 Å². The number of hydrogen-bond acceptors (Lipinski definition) is 3. The highest BCUT2D eigenvalue weighted by Crippen LogP contribution is 2.04. The Hall–Kier alpha value is -1.51. The van der Waals surface area contributed by atoms with Crippen molar-refractivity contribution in [3.63, 3.8) is 0 Å². The van der Waals surface area contributed by atoms with Crippen LogP contribution in [0, 0.1) is 0 Å². The average molecular weight is 180 g/mol. The molecule has 0 unspecified atom stereocenters. The normalized spacial score (nSPS) is 11.4. The highest BCUT2D eigenvalue weighted by Gasteiger charge is 2.05. The van der Waals surface area contributed by atoms with E-state index in [1.807, 2.05) is 0 Å². The zero-order chi connectivity index (χ0) is 9.68. The zero-order valence-corrected chi connectivity index (χ0v) is 7.74. The van der Waals surface area contributed by atoms with E-state index in [4.69, 9.17) is 9.15 Å². The Morgan fingerprint density at radius 3 is 3.00 bits per heavy atom. The van der Waals surface area contributed by atoms with E-state index in [0.29, 0.717) is 11.3 Å². The topological polar surface area (TPSA) is 39.4 Å². The quantitative estimate of drug-likeness (QED) is 0.529. The first-order valence-electron chi connectivity index (χ1n) is 4.06. The zero-order valence-electron chi connectivity index (χ0n) is 7.74. The van der Waals surface area contributed by atoms with Crippen molar-refractivity contribution in [2.24, 2.45) is 0 Å². The maximum atomic E-state index is 11.1. The molecule has 13 heavy (non-hydrogen) atoms. The van der Waals surface area contributed by atoms with Gasteiger partial charge in [0.25, 0.3) is 0 Å². The van der Waals surface area contributed by atoms with Crippen molar-refractivity contribution in [3.8, 4) is 0 Å². The van der Waals surface area contributed by atoms with Crippen LogP contribution in [0.25, 0.3) is 0 Å². The molecule has 0 aliphatic carbocycles. The average Bonchev–Trinajstić information content (AvgIpc) is 2.65. The van der Waals surface area contributed by atoms with Crippen molar-refractivity contribution in [2.45, 2.75) is 20.5 Å². The maximum Gasteiger partial charge on any atom is 0.333 e. The van der Waals surface area contributed by atoms with Crippen LogP contribution in [0.4, 0.5) is 0 Å². The number of furan rings is 1. The van der Waals surface area contributed by atoms with Gasteiger partial charge in [-0.3, -0.25) is 0 Å². The maximum absolute atomic E-state index is 11.1. The molecular formula is C10H12O3. The molecule has 0 amide bonds. The van der Waals surface area contributed by atoms with Crippen molar-refractivity contribution >= 4 is 5.97 Å². The van der Waals surface area contributed by atoms with Crippen LogP contribution in [-0.2, 0) is 16.1 Å². The first-order valence-corrected chi connectivity index (χ1v) is 4.06. The molecule has 0 atom stereocenters. The fourth-order valence-electron chi connectivity index (χ4n) is 0.763. The molecule has 0 fully saturated rings. The Kier molecular flexibility index (Phi) is 3.31. The Morgan fingerprint density at radius 1 is 1.69 bits per heavy atom. The molecule has 1 aromatic heterocycles. The van der Waals surface area contributed by atoms with Crippen molar-refractivity contribution in [2.75, 3.05) is 0 Å². The highest BCUT2D eigenvalue weighted by molar-refractivity contribution is 5.87. The van der Waals surface area contributed by atoms with Crippen molar-refractivity contribution in [1.82, 2.24) is 0 Å². The number of allylic oxidation sites excluding steroid dienone is 1. The SMILES string of the molecule is C/C=C(\C)C(=O)OCc1ccco1. The number of carbonyl (C=O) groups is 1. The summed E-state index contributed by atoms with van der Waals surface area (Å²) in [4.78, 5) is 11.1. The van der Waals surface area contributed by atoms with Gasteiger partial charge in [0, 0.05) is 5.57 Å². The Bertz CT molecular complexity index is 296. The molecule has 0 saturated heterocycles. The molecule has 3 heteroatoms. The lowest BCUT2D eigenvalue weighted by molar-refractivity contribution is -0.140. The summed E-state index contributed by atoms with van der Waals surface area (Å²) in [5.41, 5.74) is 0.603. The van der Waals surface area contributed by atoms with Crippen molar-refractivity contribution < 1.29 is 13.9 Å². The van der Waals surface area contributed by atoms with Crippen LogP contribution < -0.4 is 0 Å². The van der Waals surface area contributed by atoms with Gasteiger partial charge in [-0.1, -0.05) is 6.08 Å². The molecule has 0 aliphatic rings. The number of rotatable bonds is 3. The number of esters is 1. The predicted octanol–water partition coefficient (Wildman–Crippen LogP) is 2.29. The van der Waals surface area contributed by atoms with Gasteiger partial charge in [-0.2, -0.15) is 0 Å². The summed E-state index contributed by atoms with van der Waals surface area (Å²) in [5, 5.41) is 0. The Balaban J connectivity index is 2.40. The largest absolute Gasteiger partial charge is 0.466 e. The molecule has 0 bridgehead atoms. The molecule has 0 radical (unpaired) electrons. The van der Waals surface area contributed by atoms with Gasteiger partial charge >= 0.3 is 5.97 Å². The molecule has 0 aromatic carbocycles. The van der Waals surface area contributed by atoms with E-state index in [2.05, 4.69) is 0 Å². The summed E-state index contributed by atoms with van der Waals surface area (Å²) in [7, 11) is 0.